The quantitative estimate of drug-likeness (QED) is 0.771. The molecule has 124 valence electrons. The van der Waals surface area contributed by atoms with Crippen molar-refractivity contribution in [2.45, 2.75) is 44.6 Å². The van der Waals surface area contributed by atoms with Crippen LogP contribution in [-0.4, -0.2) is 17.5 Å². The molecule has 0 spiro atoms. The van der Waals surface area contributed by atoms with Gasteiger partial charge in [0.25, 0.3) is 0 Å². The summed E-state index contributed by atoms with van der Waals surface area (Å²) in [6.45, 7) is 0. The number of ether oxygens (including phenoxy) is 1. The highest BCUT2D eigenvalue weighted by Gasteiger charge is 2.21. The Labute approximate surface area is 142 Å². The SMILES string of the molecule is COc1ccc(C(=O)c2cc(CC#N)n(C3CCCCC3)c2)cc1. The van der Waals surface area contributed by atoms with Crippen molar-refractivity contribution in [3.8, 4) is 11.8 Å². The second-order valence-corrected chi connectivity index (χ2v) is 6.31. The molecular weight excluding hydrogens is 300 g/mol. The van der Waals surface area contributed by atoms with Crippen molar-refractivity contribution < 1.29 is 9.53 Å². The molecule has 4 heteroatoms. The molecule has 1 heterocycles. The van der Waals surface area contributed by atoms with E-state index in [4.69, 9.17) is 10.00 Å². The smallest absolute Gasteiger partial charge is 0.194 e. The fourth-order valence-electron chi connectivity index (χ4n) is 3.48. The third kappa shape index (κ3) is 3.35. The standard InChI is InChI=1S/C20H22N2O2/c1-24-19-9-7-15(8-10-19)20(23)16-13-18(11-12-21)22(14-16)17-5-3-2-4-6-17/h7-10,13-14,17H,2-6,11H2,1H3. The fraction of sp³-hybridized carbons (Fsp3) is 0.400. The zero-order valence-corrected chi connectivity index (χ0v) is 14.0. The summed E-state index contributed by atoms with van der Waals surface area (Å²) in [7, 11) is 1.61. The molecule has 0 saturated heterocycles. The van der Waals surface area contributed by atoms with Crippen LogP contribution in [0.25, 0.3) is 0 Å². The van der Waals surface area contributed by atoms with Crippen LogP contribution in [0, 0.1) is 11.3 Å². The van der Waals surface area contributed by atoms with Crippen LogP contribution in [0.2, 0.25) is 0 Å². The number of carbonyl (C=O) groups excluding carboxylic acids is 1. The maximum Gasteiger partial charge on any atom is 0.194 e. The van der Waals surface area contributed by atoms with Crippen LogP contribution >= 0.6 is 0 Å². The van der Waals surface area contributed by atoms with E-state index in [-0.39, 0.29) is 5.78 Å². The van der Waals surface area contributed by atoms with Crippen molar-refractivity contribution in [3.63, 3.8) is 0 Å². The molecule has 0 atom stereocenters. The van der Waals surface area contributed by atoms with E-state index in [1.165, 1.54) is 19.3 Å². The fourth-order valence-corrected chi connectivity index (χ4v) is 3.48. The summed E-state index contributed by atoms with van der Waals surface area (Å²) < 4.78 is 7.30. The van der Waals surface area contributed by atoms with Crippen LogP contribution < -0.4 is 4.74 Å². The van der Waals surface area contributed by atoms with Gasteiger partial charge < -0.3 is 9.30 Å². The first-order valence-electron chi connectivity index (χ1n) is 8.49. The first-order valence-corrected chi connectivity index (χ1v) is 8.49. The number of nitriles is 1. The number of methoxy groups -OCH3 is 1. The monoisotopic (exact) mass is 322 g/mol. The van der Waals surface area contributed by atoms with Crippen LogP contribution in [0.15, 0.2) is 36.5 Å². The molecule has 4 nitrogen and oxygen atoms in total. The molecule has 1 fully saturated rings. The summed E-state index contributed by atoms with van der Waals surface area (Å²) >= 11 is 0. The van der Waals surface area contributed by atoms with E-state index in [9.17, 15) is 4.79 Å². The van der Waals surface area contributed by atoms with Crippen molar-refractivity contribution in [1.29, 1.82) is 5.26 Å². The van der Waals surface area contributed by atoms with Crippen molar-refractivity contribution in [2.24, 2.45) is 0 Å². The van der Waals surface area contributed by atoms with Crippen LogP contribution in [0.4, 0.5) is 0 Å². The lowest BCUT2D eigenvalue weighted by Crippen LogP contribution is -2.14. The number of ketones is 1. The topological polar surface area (TPSA) is 55.0 Å². The second kappa shape index (κ2) is 7.35. The van der Waals surface area contributed by atoms with Crippen molar-refractivity contribution in [2.75, 3.05) is 7.11 Å². The Bertz CT molecular complexity index is 747. The molecule has 2 aromatic rings. The molecular formula is C20H22N2O2. The van der Waals surface area contributed by atoms with Gasteiger partial charge >= 0.3 is 0 Å². The Morgan fingerprint density at radius 1 is 1.21 bits per heavy atom. The maximum atomic E-state index is 12.8. The van der Waals surface area contributed by atoms with Gasteiger partial charge in [-0.3, -0.25) is 4.79 Å². The van der Waals surface area contributed by atoms with Gasteiger partial charge in [0.1, 0.15) is 5.75 Å². The Kier molecular flexibility index (Phi) is 5.00. The third-order valence-electron chi connectivity index (χ3n) is 4.77. The minimum Gasteiger partial charge on any atom is -0.497 e. The highest BCUT2D eigenvalue weighted by molar-refractivity contribution is 6.09. The van der Waals surface area contributed by atoms with E-state index < -0.39 is 0 Å². The number of aromatic nitrogens is 1. The van der Waals surface area contributed by atoms with Crippen molar-refractivity contribution in [1.82, 2.24) is 4.57 Å². The lowest BCUT2D eigenvalue weighted by atomic mass is 9.95. The molecule has 3 rings (SSSR count). The molecule has 1 aromatic carbocycles. The number of carbonyl (C=O) groups is 1. The highest BCUT2D eigenvalue weighted by Crippen LogP contribution is 2.31. The molecule has 1 aliphatic rings. The molecule has 0 amide bonds. The highest BCUT2D eigenvalue weighted by atomic mass is 16.5. The molecule has 0 radical (unpaired) electrons. The summed E-state index contributed by atoms with van der Waals surface area (Å²) in [5.74, 6) is 0.725. The van der Waals surface area contributed by atoms with Crippen molar-refractivity contribution >= 4 is 5.78 Å². The Morgan fingerprint density at radius 3 is 2.54 bits per heavy atom. The maximum absolute atomic E-state index is 12.8. The van der Waals surface area contributed by atoms with Gasteiger partial charge in [0.05, 0.1) is 19.6 Å². The molecule has 1 aliphatic carbocycles. The van der Waals surface area contributed by atoms with E-state index in [1.54, 1.807) is 31.4 Å². The third-order valence-corrected chi connectivity index (χ3v) is 4.77. The summed E-state index contributed by atoms with van der Waals surface area (Å²) in [5, 5.41) is 9.10. The molecule has 1 saturated carbocycles. The predicted octanol–water partition coefficient (Wildman–Crippen LogP) is 4.30. The summed E-state index contributed by atoms with van der Waals surface area (Å²) in [5.41, 5.74) is 2.25. The van der Waals surface area contributed by atoms with Crippen LogP contribution in [0.5, 0.6) is 5.75 Å². The lowest BCUT2D eigenvalue weighted by molar-refractivity contribution is 0.103. The minimum atomic E-state index is -0.00796. The zero-order valence-electron chi connectivity index (χ0n) is 14.0. The van der Waals surface area contributed by atoms with E-state index >= 15 is 0 Å². The minimum absolute atomic E-state index is 0.00796. The lowest BCUT2D eigenvalue weighted by Gasteiger charge is -2.25. The summed E-state index contributed by atoms with van der Waals surface area (Å²) in [6.07, 6.45) is 8.25. The predicted molar refractivity (Wildman–Crippen MR) is 92.3 cm³/mol. The summed E-state index contributed by atoms with van der Waals surface area (Å²) in [4.78, 5) is 12.8. The van der Waals surface area contributed by atoms with Crippen LogP contribution in [0.3, 0.4) is 0 Å². The number of hydrogen-bond donors (Lipinski definition) is 0. The zero-order chi connectivity index (χ0) is 16.9. The van der Waals surface area contributed by atoms with E-state index in [2.05, 4.69) is 10.6 Å². The average molecular weight is 322 g/mol. The van der Waals surface area contributed by atoms with Gasteiger partial charge in [-0.25, -0.2) is 0 Å². The normalized spacial score (nSPS) is 15.0. The van der Waals surface area contributed by atoms with E-state index in [1.807, 2.05) is 12.3 Å². The number of rotatable bonds is 5. The Balaban J connectivity index is 1.89. The van der Waals surface area contributed by atoms with Crippen LogP contribution in [-0.2, 0) is 6.42 Å². The van der Waals surface area contributed by atoms with Gasteiger partial charge in [-0.2, -0.15) is 5.26 Å². The van der Waals surface area contributed by atoms with E-state index in [0.717, 1.165) is 24.3 Å². The Hall–Kier alpha value is -2.54. The largest absolute Gasteiger partial charge is 0.497 e. The van der Waals surface area contributed by atoms with Crippen LogP contribution in [0.1, 0.15) is 59.8 Å². The van der Waals surface area contributed by atoms with Gasteiger partial charge in [0.15, 0.2) is 5.78 Å². The van der Waals surface area contributed by atoms with Gasteiger partial charge in [-0.15, -0.1) is 0 Å². The van der Waals surface area contributed by atoms with Gasteiger partial charge in [-0.05, 0) is 43.2 Å². The summed E-state index contributed by atoms with van der Waals surface area (Å²) in [6, 6.07) is 11.7. The first-order chi connectivity index (χ1) is 11.7. The molecule has 0 N–H and O–H groups in total. The first kappa shape index (κ1) is 16.3. The number of nitrogens with zero attached hydrogens (tertiary/aromatic N) is 2. The molecule has 1 aromatic heterocycles. The average Bonchev–Trinajstić information content (AvgIpc) is 3.06. The number of hydrogen-bond acceptors (Lipinski definition) is 3. The number of benzene rings is 1. The molecule has 0 aliphatic heterocycles. The molecule has 24 heavy (non-hydrogen) atoms. The van der Waals surface area contributed by atoms with Crippen molar-refractivity contribution in [3.05, 3.63) is 53.3 Å². The van der Waals surface area contributed by atoms with E-state index in [0.29, 0.717) is 23.6 Å². The Morgan fingerprint density at radius 2 is 1.92 bits per heavy atom. The van der Waals surface area contributed by atoms with Gasteiger partial charge in [0, 0.05) is 29.1 Å². The molecule has 0 bridgehead atoms. The molecule has 0 unspecified atom stereocenters. The van der Waals surface area contributed by atoms with Gasteiger partial charge in [-0.1, -0.05) is 19.3 Å². The second-order valence-electron chi connectivity index (χ2n) is 6.31. The van der Waals surface area contributed by atoms with Gasteiger partial charge in [0.2, 0.25) is 0 Å².